The van der Waals surface area contributed by atoms with Gasteiger partial charge in [0.1, 0.15) is 0 Å². The van der Waals surface area contributed by atoms with Gasteiger partial charge in [-0.05, 0) is 32.1 Å². The Morgan fingerprint density at radius 3 is 2.53 bits per heavy atom. The van der Waals surface area contributed by atoms with E-state index >= 15 is 0 Å². The van der Waals surface area contributed by atoms with E-state index < -0.39 is 0 Å². The largest absolute Gasteiger partial charge is 0.319 e. The molecule has 0 aliphatic carbocycles. The molecule has 0 aliphatic heterocycles. The van der Waals surface area contributed by atoms with Crippen molar-refractivity contribution in [3.63, 3.8) is 0 Å². The van der Waals surface area contributed by atoms with E-state index in [4.69, 9.17) is 0 Å². The smallest absolute Gasteiger partial charge is 0.0230 e. The van der Waals surface area contributed by atoms with Gasteiger partial charge in [-0.3, -0.25) is 0 Å². The van der Waals surface area contributed by atoms with Crippen LogP contribution in [0.4, 0.5) is 0 Å². The first-order chi connectivity index (χ1) is 7.22. The molecule has 1 unspecified atom stereocenters. The molecule has 84 valence electrons. The number of hydrogen-bond donors (Lipinski definition) is 1. The molecule has 2 heteroatoms. The van der Waals surface area contributed by atoms with Crippen molar-refractivity contribution in [2.45, 2.75) is 13.5 Å². The molecule has 0 spiro atoms. The molecule has 1 atom stereocenters. The summed E-state index contributed by atoms with van der Waals surface area (Å²) in [6.07, 6.45) is 0. The highest BCUT2D eigenvalue weighted by Gasteiger charge is 2.05. The monoisotopic (exact) mass is 206 g/mol. The van der Waals surface area contributed by atoms with E-state index in [0.717, 1.165) is 19.6 Å². The lowest BCUT2D eigenvalue weighted by Crippen LogP contribution is -2.29. The van der Waals surface area contributed by atoms with Gasteiger partial charge in [-0.1, -0.05) is 37.3 Å². The van der Waals surface area contributed by atoms with Gasteiger partial charge in [0.05, 0.1) is 0 Å². The highest BCUT2D eigenvalue weighted by atomic mass is 15.1. The van der Waals surface area contributed by atoms with Crippen LogP contribution in [0.5, 0.6) is 0 Å². The Labute approximate surface area is 93.3 Å². The van der Waals surface area contributed by atoms with Crippen molar-refractivity contribution >= 4 is 0 Å². The maximum Gasteiger partial charge on any atom is 0.0230 e. The number of nitrogens with one attached hydrogen (secondary N) is 1. The molecule has 0 saturated heterocycles. The summed E-state index contributed by atoms with van der Waals surface area (Å²) in [6.45, 7) is 5.53. The highest BCUT2D eigenvalue weighted by molar-refractivity contribution is 5.14. The summed E-state index contributed by atoms with van der Waals surface area (Å²) in [5.74, 6) is 0.698. The van der Waals surface area contributed by atoms with Crippen LogP contribution in [0.2, 0.25) is 0 Å². The van der Waals surface area contributed by atoms with Gasteiger partial charge in [-0.2, -0.15) is 0 Å². The molecule has 15 heavy (non-hydrogen) atoms. The molecule has 0 aromatic heterocycles. The van der Waals surface area contributed by atoms with Crippen LogP contribution in [0.25, 0.3) is 0 Å². The molecule has 1 rings (SSSR count). The average molecular weight is 206 g/mol. The standard InChI is InChI=1S/C13H22N2/c1-12(9-14-2)10-15(3)11-13-7-5-4-6-8-13/h4-8,12,14H,9-11H2,1-3H3. The first-order valence-corrected chi connectivity index (χ1v) is 5.59. The fourth-order valence-corrected chi connectivity index (χ4v) is 1.90. The molecule has 0 heterocycles. The van der Waals surface area contributed by atoms with Gasteiger partial charge in [0.15, 0.2) is 0 Å². The van der Waals surface area contributed by atoms with Crippen LogP contribution in [0.3, 0.4) is 0 Å². The average Bonchev–Trinajstić information content (AvgIpc) is 2.19. The zero-order valence-electron chi connectivity index (χ0n) is 10.0. The van der Waals surface area contributed by atoms with Gasteiger partial charge in [-0.25, -0.2) is 0 Å². The zero-order valence-corrected chi connectivity index (χ0v) is 10.0. The Kier molecular flexibility index (Phi) is 5.37. The highest BCUT2D eigenvalue weighted by Crippen LogP contribution is 2.04. The molecule has 1 aromatic rings. The molecule has 0 bridgehead atoms. The molecule has 0 aliphatic rings. The molecule has 0 amide bonds. The molecular formula is C13H22N2. The number of hydrogen-bond acceptors (Lipinski definition) is 2. The maximum atomic E-state index is 3.21. The van der Waals surface area contributed by atoms with Gasteiger partial charge in [0.2, 0.25) is 0 Å². The van der Waals surface area contributed by atoms with E-state index in [2.05, 4.69) is 54.5 Å². The van der Waals surface area contributed by atoms with Crippen molar-refractivity contribution in [3.8, 4) is 0 Å². The summed E-state index contributed by atoms with van der Waals surface area (Å²) in [6, 6.07) is 10.6. The quantitative estimate of drug-likeness (QED) is 0.765. The fourth-order valence-electron chi connectivity index (χ4n) is 1.90. The summed E-state index contributed by atoms with van der Waals surface area (Å²) in [7, 11) is 4.19. The van der Waals surface area contributed by atoms with Crippen molar-refractivity contribution in [1.82, 2.24) is 10.2 Å². The van der Waals surface area contributed by atoms with Gasteiger partial charge >= 0.3 is 0 Å². The number of benzene rings is 1. The van der Waals surface area contributed by atoms with Crippen molar-refractivity contribution in [1.29, 1.82) is 0 Å². The second-order valence-corrected chi connectivity index (χ2v) is 4.35. The second kappa shape index (κ2) is 6.59. The van der Waals surface area contributed by atoms with Crippen molar-refractivity contribution in [3.05, 3.63) is 35.9 Å². The number of rotatable bonds is 6. The predicted molar refractivity (Wildman–Crippen MR) is 65.9 cm³/mol. The van der Waals surface area contributed by atoms with Crippen molar-refractivity contribution < 1.29 is 0 Å². The lowest BCUT2D eigenvalue weighted by molar-refractivity contribution is 0.276. The molecule has 0 saturated carbocycles. The summed E-state index contributed by atoms with van der Waals surface area (Å²) in [4.78, 5) is 2.37. The minimum absolute atomic E-state index is 0.698. The van der Waals surface area contributed by atoms with E-state index in [9.17, 15) is 0 Å². The van der Waals surface area contributed by atoms with Gasteiger partial charge in [0, 0.05) is 13.1 Å². The Hall–Kier alpha value is -0.860. The molecule has 0 radical (unpaired) electrons. The minimum Gasteiger partial charge on any atom is -0.319 e. The van der Waals surface area contributed by atoms with Crippen molar-refractivity contribution in [2.75, 3.05) is 27.2 Å². The second-order valence-electron chi connectivity index (χ2n) is 4.35. The molecule has 1 N–H and O–H groups in total. The van der Waals surface area contributed by atoms with E-state index in [0.29, 0.717) is 5.92 Å². The van der Waals surface area contributed by atoms with Crippen LogP contribution in [0, 0.1) is 5.92 Å². The molecule has 2 nitrogen and oxygen atoms in total. The Morgan fingerprint density at radius 2 is 1.93 bits per heavy atom. The Morgan fingerprint density at radius 1 is 1.27 bits per heavy atom. The Bertz CT molecular complexity index is 258. The van der Waals surface area contributed by atoms with Gasteiger partial charge < -0.3 is 10.2 Å². The maximum absolute atomic E-state index is 3.21. The molecule has 0 fully saturated rings. The third-order valence-electron chi connectivity index (χ3n) is 2.47. The van der Waals surface area contributed by atoms with Crippen molar-refractivity contribution in [2.24, 2.45) is 5.92 Å². The van der Waals surface area contributed by atoms with E-state index in [-0.39, 0.29) is 0 Å². The summed E-state index contributed by atoms with van der Waals surface area (Å²) in [5.41, 5.74) is 1.39. The third-order valence-corrected chi connectivity index (χ3v) is 2.47. The molecular weight excluding hydrogens is 184 g/mol. The van der Waals surface area contributed by atoms with Crippen LogP contribution in [0.1, 0.15) is 12.5 Å². The first-order valence-electron chi connectivity index (χ1n) is 5.59. The normalized spacial score (nSPS) is 13.1. The van der Waals surface area contributed by atoms with E-state index in [1.54, 1.807) is 0 Å². The predicted octanol–water partition coefficient (Wildman–Crippen LogP) is 1.97. The minimum atomic E-state index is 0.698. The summed E-state index contributed by atoms with van der Waals surface area (Å²) in [5, 5.41) is 3.21. The van der Waals surface area contributed by atoms with Crippen LogP contribution < -0.4 is 5.32 Å². The van der Waals surface area contributed by atoms with Gasteiger partial charge in [-0.15, -0.1) is 0 Å². The van der Waals surface area contributed by atoms with E-state index in [1.165, 1.54) is 5.56 Å². The lowest BCUT2D eigenvalue weighted by Gasteiger charge is -2.21. The zero-order chi connectivity index (χ0) is 11.1. The van der Waals surface area contributed by atoms with Crippen LogP contribution in [-0.4, -0.2) is 32.1 Å². The fraction of sp³-hybridized carbons (Fsp3) is 0.538. The lowest BCUT2D eigenvalue weighted by atomic mass is 10.1. The number of nitrogens with zero attached hydrogens (tertiary/aromatic N) is 1. The third kappa shape index (κ3) is 4.96. The van der Waals surface area contributed by atoms with Crippen LogP contribution in [-0.2, 0) is 6.54 Å². The SMILES string of the molecule is CNCC(C)CN(C)Cc1ccccc1. The van der Waals surface area contributed by atoms with Gasteiger partial charge in [0.25, 0.3) is 0 Å². The van der Waals surface area contributed by atoms with Crippen LogP contribution in [0.15, 0.2) is 30.3 Å². The van der Waals surface area contributed by atoms with E-state index in [1.807, 2.05) is 7.05 Å². The first kappa shape index (κ1) is 12.2. The summed E-state index contributed by atoms with van der Waals surface area (Å²) >= 11 is 0. The molecule has 1 aromatic carbocycles. The summed E-state index contributed by atoms with van der Waals surface area (Å²) < 4.78 is 0. The Balaban J connectivity index is 2.33. The topological polar surface area (TPSA) is 15.3 Å². The van der Waals surface area contributed by atoms with Crippen LogP contribution >= 0.6 is 0 Å².